The Morgan fingerprint density at radius 3 is 2.50 bits per heavy atom. The summed E-state index contributed by atoms with van der Waals surface area (Å²) in [4.78, 5) is 22.4. The summed E-state index contributed by atoms with van der Waals surface area (Å²) in [6, 6.07) is 3.51. The fraction of sp³-hybridized carbons (Fsp3) is 0.333. The molecule has 0 atom stereocenters. The van der Waals surface area contributed by atoms with Crippen LogP contribution in [0.3, 0.4) is 0 Å². The summed E-state index contributed by atoms with van der Waals surface area (Å²) in [5.41, 5.74) is 0.651. The number of benzene rings is 1. The number of methoxy groups -OCH3 is 1. The molecule has 0 heterocycles. The first-order valence-electron chi connectivity index (χ1n) is 5.44. The molecule has 20 heavy (non-hydrogen) atoms. The third-order valence-corrected chi connectivity index (χ3v) is 2.25. The topological polar surface area (TPSA) is 64.6 Å². The summed E-state index contributed by atoms with van der Waals surface area (Å²) < 4.78 is 44.3. The molecule has 0 saturated carbocycles. The first kappa shape index (κ1) is 15.8. The molecule has 1 amide bonds. The molecule has 1 aromatic rings. The summed E-state index contributed by atoms with van der Waals surface area (Å²) in [5, 5.41) is 2.31. The second-order valence-corrected chi connectivity index (χ2v) is 3.83. The van der Waals surface area contributed by atoms with E-state index >= 15 is 0 Å². The van der Waals surface area contributed by atoms with Gasteiger partial charge in [-0.05, 0) is 18.6 Å². The van der Waals surface area contributed by atoms with Crippen molar-refractivity contribution in [1.29, 1.82) is 0 Å². The van der Waals surface area contributed by atoms with Crippen LogP contribution in [-0.4, -0.2) is 25.3 Å². The van der Waals surface area contributed by atoms with Crippen molar-refractivity contribution in [2.45, 2.75) is 19.7 Å². The number of carbonyl (C=O) groups is 2. The maximum atomic E-state index is 12.1. The zero-order valence-corrected chi connectivity index (χ0v) is 10.7. The number of halogens is 3. The van der Waals surface area contributed by atoms with Gasteiger partial charge in [-0.15, -0.1) is 13.2 Å². The van der Waals surface area contributed by atoms with Crippen LogP contribution in [0.5, 0.6) is 5.75 Å². The SMILES string of the molecule is COC(=O)CC(=O)Nc1cc(OC(F)(F)F)ccc1C. The standard InChI is InChI=1S/C12H12F3NO4/c1-7-3-4-8(20-12(13,14)15)5-9(7)16-10(17)6-11(18)19-2/h3-5H,6H2,1-2H3,(H,16,17). The number of aryl methyl sites for hydroxylation is 1. The highest BCUT2D eigenvalue weighted by atomic mass is 19.4. The molecule has 0 unspecified atom stereocenters. The van der Waals surface area contributed by atoms with E-state index in [-0.39, 0.29) is 5.69 Å². The Labute approximate surface area is 112 Å². The maximum absolute atomic E-state index is 12.1. The molecule has 0 aliphatic heterocycles. The molecule has 0 aliphatic carbocycles. The van der Waals surface area contributed by atoms with Crippen LogP contribution in [0.25, 0.3) is 0 Å². The number of ether oxygens (including phenoxy) is 2. The van der Waals surface area contributed by atoms with E-state index in [0.29, 0.717) is 5.56 Å². The van der Waals surface area contributed by atoms with Crippen LogP contribution in [-0.2, 0) is 14.3 Å². The van der Waals surface area contributed by atoms with Crippen molar-refractivity contribution in [2.75, 3.05) is 12.4 Å². The molecular formula is C12H12F3NO4. The number of hydrogen-bond acceptors (Lipinski definition) is 4. The van der Waals surface area contributed by atoms with Crippen LogP contribution in [0.15, 0.2) is 18.2 Å². The number of nitrogens with one attached hydrogen (secondary N) is 1. The molecule has 1 aromatic carbocycles. The Hall–Kier alpha value is -2.25. The average Bonchev–Trinajstić information content (AvgIpc) is 2.31. The van der Waals surface area contributed by atoms with E-state index in [0.717, 1.165) is 19.2 Å². The highest BCUT2D eigenvalue weighted by Gasteiger charge is 2.31. The lowest BCUT2D eigenvalue weighted by Crippen LogP contribution is -2.19. The van der Waals surface area contributed by atoms with Gasteiger partial charge < -0.3 is 14.8 Å². The molecule has 5 nitrogen and oxygen atoms in total. The Morgan fingerprint density at radius 2 is 1.95 bits per heavy atom. The summed E-state index contributed by atoms with van der Waals surface area (Å²) in [7, 11) is 1.12. The van der Waals surface area contributed by atoms with Gasteiger partial charge in [0.15, 0.2) is 0 Å². The van der Waals surface area contributed by atoms with Gasteiger partial charge in [0.05, 0.1) is 7.11 Å². The van der Waals surface area contributed by atoms with Crippen LogP contribution in [0.1, 0.15) is 12.0 Å². The van der Waals surface area contributed by atoms with Crippen molar-refractivity contribution in [1.82, 2.24) is 0 Å². The van der Waals surface area contributed by atoms with E-state index in [1.54, 1.807) is 6.92 Å². The lowest BCUT2D eigenvalue weighted by molar-refractivity contribution is -0.274. The van der Waals surface area contributed by atoms with E-state index < -0.39 is 30.4 Å². The van der Waals surface area contributed by atoms with Crippen molar-refractivity contribution < 1.29 is 32.2 Å². The van der Waals surface area contributed by atoms with Crippen molar-refractivity contribution in [3.8, 4) is 5.75 Å². The summed E-state index contributed by atoms with van der Waals surface area (Å²) >= 11 is 0. The molecule has 0 aromatic heterocycles. The van der Waals surface area contributed by atoms with Crippen molar-refractivity contribution in [2.24, 2.45) is 0 Å². The van der Waals surface area contributed by atoms with Crippen molar-refractivity contribution in [3.05, 3.63) is 23.8 Å². The normalized spacial score (nSPS) is 10.8. The zero-order valence-electron chi connectivity index (χ0n) is 10.7. The van der Waals surface area contributed by atoms with Gasteiger partial charge in [-0.1, -0.05) is 6.07 Å². The minimum Gasteiger partial charge on any atom is -0.469 e. The molecule has 8 heteroatoms. The molecule has 0 aliphatic rings. The quantitative estimate of drug-likeness (QED) is 0.683. The third-order valence-electron chi connectivity index (χ3n) is 2.25. The number of alkyl halides is 3. The largest absolute Gasteiger partial charge is 0.573 e. The first-order valence-corrected chi connectivity index (χ1v) is 5.44. The Morgan fingerprint density at radius 1 is 1.30 bits per heavy atom. The predicted octanol–water partition coefficient (Wildman–Crippen LogP) is 2.40. The van der Waals surface area contributed by atoms with E-state index in [2.05, 4.69) is 14.8 Å². The minimum atomic E-state index is -4.82. The number of rotatable bonds is 4. The van der Waals surface area contributed by atoms with Crippen molar-refractivity contribution >= 4 is 17.6 Å². The number of anilines is 1. The highest BCUT2D eigenvalue weighted by molar-refractivity contribution is 6.02. The molecule has 0 bridgehead atoms. The predicted molar refractivity (Wildman–Crippen MR) is 63.1 cm³/mol. The summed E-state index contributed by atoms with van der Waals surface area (Å²) in [6.45, 7) is 1.59. The molecule has 0 radical (unpaired) electrons. The van der Waals surface area contributed by atoms with E-state index in [4.69, 9.17) is 0 Å². The second-order valence-electron chi connectivity index (χ2n) is 3.83. The van der Waals surface area contributed by atoms with Crippen LogP contribution in [0, 0.1) is 6.92 Å². The fourth-order valence-electron chi connectivity index (χ4n) is 1.33. The molecule has 0 fully saturated rings. The van der Waals surface area contributed by atoms with Gasteiger partial charge >= 0.3 is 12.3 Å². The number of amides is 1. The average molecular weight is 291 g/mol. The third kappa shape index (κ3) is 5.17. The number of hydrogen-bond donors (Lipinski definition) is 1. The minimum absolute atomic E-state index is 0.126. The van der Waals surface area contributed by atoms with Crippen molar-refractivity contribution in [3.63, 3.8) is 0 Å². The molecule has 1 rings (SSSR count). The number of carbonyl (C=O) groups excluding carboxylic acids is 2. The van der Waals surface area contributed by atoms with Crippen LogP contribution < -0.4 is 10.1 Å². The van der Waals surface area contributed by atoms with Gasteiger partial charge in [0.1, 0.15) is 12.2 Å². The summed E-state index contributed by atoms with van der Waals surface area (Å²) in [5.74, 6) is -1.90. The smallest absolute Gasteiger partial charge is 0.469 e. The fourth-order valence-corrected chi connectivity index (χ4v) is 1.33. The van der Waals surface area contributed by atoms with Gasteiger partial charge in [0.2, 0.25) is 5.91 Å². The lowest BCUT2D eigenvalue weighted by atomic mass is 10.2. The van der Waals surface area contributed by atoms with Gasteiger partial charge in [0, 0.05) is 11.8 Å². The summed E-state index contributed by atoms with van der Waals surface area (Å²) in [6.07, 6.45) is -5.34. The van der Waals surface area contributed by atoms with Gasteiger partial charge in [-0.25, -0.2) is 0 Å². The Bertz CT molecular complexity index is 514. The Balaban J connectivity index is 2.81. The molecule has 0 spiro atoms. The van der Waals surface area contributed by atoms with E-state index in [1.807, 2.05) is 0 Å². The second kappa shape index (κ2) is 6.27. The molecule has 1 N–H and O–H groups in total. The molecule has 0 saturated heterocycles. The zero-order chi connectivity index (χ0) is 15.3. The maximum Gasteiger partial charge on any atom is 0.573 e. The first-order chi connectivity index (χ1) is 9.21. The van der Waals surface area contributed by atoms with Crippen LogP contribution >= 0.6 is 0 Å². The highest BCUT2D eigenvalue weighted by Crippen LogP contribution is 2.27. The van der Waals surface area contributed by atoms with Crippen LogP contribution in [0.2, 0.25) is 0 Å². The molecular weight excluding hydrogens is 279 g/mol. The van der Waals surface area contributed by atoms with Gasteiger partial charge in [-0.3, -0.25) is 9.59 Å². The van der Waals surface area contributed by atoms with E-state index in [9.17, 15) is 22.8 Å². The van der Waals surface area contributed by atoms with Gasteiger partial charge in [-0.2, -0.15) is 0 Å². The molecule has 110 valence electrons. The van der Waals surface area contributed by atoms with E-state index in [1.165, 1.54) is 6.07 Å². The van der Waals surface area contributed by atoms with Gasteiger partial charge in [0.25, 0.3) is 0 Å². The monoisotopic (exact) mass is 291 g/mol. The number of esters is 1. The lowest BCUT2D eigenvalue weighted by Gasteiger charge is -2.12. The van der Waals surface area contributed by atoms with Crippen LogP contribution in [0.4, 0.5) is 18.9 Å². The Kier molecular flexibility index (Phi) is 4.95.